The van der Waals surface area contributed by atoms with Gasteiger partial charge in [-0.2, -0.15) is 0 Å². The Labute approximate surface area is 143 Å². The fourth-order valence-corrected chi connectivity index (χ4v) is 3.93. The van der Waals surface area contributed by atoms with E-state index in [9.17, 15) is 9.90 Å². The van der Waals surface area contributed by atoms with Gasteiger partial charge in [-0.3, -0.25) is 4.79 Å². The van der Waals surface area contributed by atoms with Crippen molar-refractivity contribution in [1.29, 1.82) is 0 Å². The average Bonchev–Trinajstić information content (AvgIpc) is 3.08. The minimum Gasteiger partial charge on any atom is -0.493 e. The summed E-state index contributed by atoms with van der Waals surface area (Å²) in [4.78, 5) is 11.2. The van der Waals surface area contributed by atoms with Crippen LogP contribution in [0.25, 0.3) is 0 Å². The third-order valence-corrected chi connectivity index (χ3v) is 5.56. The van der Waals surface area contributed by atoms with Gasteiger partial charge in [0.1, 0.15) is 0 Å². The van der Waals surface area contributed by atoms with Crippen molar-refractivity contribution in [3.05, 3.63) is 23.8 Å². The van der Waals surface area contributed by atoms with Crippen LogP contribution in [0.4, 0.5) is 0 Å². The van der Waals surface area contributed by atoms with E-state index in [0.29, 0.717) is 25.7 Å². The molecule has 0 unspecified atom stereocenters. The molecule has 1 aromatic rings. The van der Waals surface area contributed by atoms with E-state index in [1.54, 1.807) is 7.11 Å². The lowest BCUT2D eigenvalue weighted by atomic mass is 9.73. The van der Waals surface area contributed by atoms with Crippen molar-refractivity contribution in [3.63, 3.8) is 0 Å². The summed E-state index contributed by atoms with van der Waals surface area (Å²) in [5, 5.41) is 9.17. The third-order valence-electron chi connectivity index (χ3n) is 5.56. The lowest BCUT2D eigenvalue weighted by molar-refractivity contribution is -0.143. The molecule has 0 spiro atoms. The monoisotopic (exact) mass is 333 g/mol. The number of benzene rings is 1. The molecular formula is C19H27NO4. The van der Waals surface area contributed by atoms with Gasteiger partial charge >= 0.3 is 5.97 Å². The van der Waals surface area contributed by atoms with E-state index in [2.05, 4.69) is 0 Å². The van der Waals surface area contributed by atoms with Crippen LogP contribution >= 0.6 is 0 Å². The first-order valence-electron chi connectivity index (χ1n) is 8.89. The second-order valence-corrected chi connectivity index (χ2v) is 7.16. The van der Waals surface area contributed by atoms with Crippen LogP contribution < -0.4 is 15.2 Å². The molecule has 2 fully saturated rings. The molecule has 5 nitrogen and oxygen atoms in total. The van der Waals surface area contributed by atoms with Crippen LogP contribution in [0.5, 0.6) is 11.5 Å². The van der Waals surface area contributed by atoms with Gasteiger partial charge in [0.2, 0.25) is 0 Å². The van der Waals surface area contributed by atoms with Crippen LogP contribution in [0.2, 0.25) is 0 Å². The van der Waals surface area contributed by atoms with Crippen LogP contribution in [0, 0.1) is 5.92 Å². The number of aliphatic carboxylic acids is 1. The van der Waals surface area contributed by atoms with Crippen LogP contribution in [-0.4, -0.2) is 24.3 Å². The SMILES string of the molecule is COc1ccc([C@]2(N)CC[C@@H](C(=O)O)CC2)cc1OC1CCCC1. The van der Waals surface area contributed by atoms with E-state index in [0.717, 1.165) is 29.9 Å². The summed E-state index contributed by atoms with van der Waals surface area (Å²) in [7, 11) is 1.65. The lowest BCUT2D eigenvalue weighted by Gasteiger charge is -2.36. The highest BCUT2D eigenvalue weighted by Gasteiger charge is 2.36. The predicted octanol–water partition coefficient (Wildman–Crippen LogP) is 3.45. The van der Waals surface area contributed by atoms with E-state index in [1.165, 1.54) is 12.8 Å². The number of hydrogen-bond donors (Lipinski definition) is 2. The van der Waals surface area contributed by atoms with Gasteiger partial charge in [0.25, 0.3) is 0 Å². The normalized spacial score (nSPS) is 27.8. The highest BCUT2D eigenvalue weighted by atomic mass is 16.5. The summed E-state index contributed by atoms with van der Waals surface area (Å²) >= 11 is 0. The molecule has 5 heteroatoms. The van der Waals surface area contributed by atoms with Crippen molar-refractivity contribution < 1.29 is 19.4 Å². The standard InChI is InChI=1S/C19H27NO4/c1-23-16-7-6-14(12-17(16)24-15-4-2-3-5-15)19(20)10-8-13(9-11-19)18(21)22/h6-7,12-13,15H,2-5,8-11,20H2,1H3,(H,21,22)/t13-,19+. The Morgan fingerprint density at radius 1 is 1.17 bits per heavy atom. The Bertz CT molecular complexity index is 587. The smallest absolute Gasteiger partial charge is 0.306 e. The summed E-state index contributed by atoms with van der Waals surface area (Å²) in [6, 6.07) is 5.90. The minimum absolute atomic E-state index is 0.255. The van der Waals surface area contributed by atoms with Gasteiger partial charge in [0.15, 0.2) is 11.5 Å². The fourth-order valence-electron chi connectivity index (χ4n) is 3.93. The van der Waals surface area contributed by atoms with Gasteiger partial charge in [0, 0.05) is 5.54 Å². The number of carbonyl (C=O) groups is 1. The maximum absolute atomic E-state index is 11.2. The molecule has 24 heavy (non-hydrogen) atoms. The Morgan fingerprint density at radius 2 is 1.83 bits per heavy atom. The molecule has 3 N–H and O–H groups in total. The summed E-state index contributed by atoms with van der Waals surface area (Å²) in [5.41, 5.74) is 7.16. The lowest BCUT2D eigenvalue weighted by Crippen LogP contribution is -2.41. The zero-order chi connectivity index (χ0) is 17.2. The molecule has 0 heterocycles. The zero-order valence-corrected chi connectivity index (χ0v) is 14.3. The van der Waals surface area contributed by atoms with Crippen molar-refractivity contribution in [1.82, 2.24) is 0 Å². The van der Waals surface area contributed by atoms with Gasteiger partial charge in [0.05, 0.1) is 19.1 Å². The van der Waals surface area contributed by atoms with Crippen LogP contribution in [-0.2, 0) is 10.3 Å². The molecule has 3 rings (SSSR count). The van der Waals surface area contributed by atoms with Crippen molar-refractivity contribution >= 4 is 5.97 Å². The number of ether oxygens (including phenoxy) is 2. The largest absolute Gasteiger partial charge is 0.493 e. The predicted molar refractivity (Wildman–Crippen MR) is 91.3 cm³/mol. The third kappa shape index (κ3) is 3.51. The first-order valence-corrected chi connectivity index (χ1v) is 8.89. The van der Waals surface area contributed by atoms with E-state index >= 15 is 0 Å². The number of nitrogens with two attached hydrogens (primary N) is 1. The maximum Gasteiger partial charge on any atom is 0.306 e. The minimum atomic E-state index is -0.711. The molecule has 0 aliphatic heterocycles. The molecule has 0 radical (unpaired) electrons. The van der Waals surface area contributed by atoms with E-state index in [1.807, 2.05) is 18.2 Å². The number of rotatable bonds is 5. The topological polar surface area (TPSA) is 81.8 Å². The average molecular weight is 333 g/mol. The summed E-state index contributed by atoms with van der Waals surface area (Å²) in [6.07, 6.45) is 7.45. The first-order chi connectivity index (χ1) is 11.5. The van der Waals surface area contributed by atoms with E-state index in [4.69, 9.17) is 15.2 Å². The molecule has 1 aromatic carbocycles. The van der Waals surface area contributed by atoms with E-state index in [-0.39, 0.29) is 12.0 Å². The molecule has 2 aliphatic rings. The van der Waals surface area contributed by atoms with Crippen LogP contribution in [0.15, 0.2) is 18.2 Å². The quantitative estimate of drug-likeness (QED) is 0.862. The van der Waals surface area contributed by atoms with Gasteiger partial charge < -0.3 is 20.3 Å². The number of carboxylic acids is 1. The van der Waals surface area contributed by atoms with Crippen LogP contribution in [0.3, 0.4) is 0 Å². The second-order valence-electron chi connectivity index (χ2n) is 7.16. The van der Waals surface area contributed by atoms with Crippen molar-refractivity contribution in [2.45, 2.75) is 63.0 Å². The zero-order valence-electron chi connectivity index (χ0n) is 14.3. The first kappa shape index (κ1) is 17.1. The summed E-state index contributed by atoms with van der Waals surface area (Å²) in [6.45, 7) is 0. The van der Waals surface area contributed by atoms with Crippen molar-refractivity contribution in [2.75, 3.05) is 7.11 Å². The number of hydrogen-bond acceptors (Lipinski definition) is 4. The Hall–Kier alpha value is -1.75. The highest BCUT2D eigenvalue weighted by Crippen LogP contribution is 2.41. The van der Waals surface area contributed by atoms with Gasteiger partial charge in [-0.1, -0.05) is 6.07 Å². The molecule has 0 atom stereocenters. The van der Waals surface area contributed by atoms with Crippen molar-refractivity contribution in [3.8, 4) is 11.5 Å². The van der Waals surface area contributed by atoms with Crippen molar-refractivity contribution in [2.24, 2.45) is 11.7 Å². The Kier molecular flexibility index (Phi) is 4.99. The Balaban J connectivity index is 1.79. The Morgan fingerprint density at radius 3 is 2.42 bits per heavy atom. The van der Waals surface area contributed by atoms with Gasteiger partial charge in [-0.25, -0.2) is 0 Å². The molecule has 0 aromatic heterocycles. The van der Waals surface area contributed by atoms with Crippen LogP contribution in [0.1, 0.15) is 56.9 Å². The molecule has 0 amide bonds. The summed E-state index contributed by atoms with van der Waals surface area (Å²) in [5.74, 6) is 0.506. The number of methoxy groups -OCH3 is 1. The fraction of sp³-hybridized carbons (Fsp3) is 0.632. The highest BCUT2D eigenvalue weighted by molar-refractivity contribution is 5.70. The molecule has 2 saturated carbocycles. The summed E-state index contributed by atoms with van der Waals surface area (Å²) < 4.78 is 11.6. The molecule has 0 bridgehead atoms. The van der Waals surface area contributed by atoms with Gasteiger partial charge in [-0.15, -0.1) is 0 Å². The molecule has 2 aliphatic carbocycles. The second kappa shape index (κ2) is 7.01. The molecule has 0 saturated heterocycles. The maximum atomic E-state index is 11.2. The molecule has 132 valence electrons. The van der Waals surface area contributed by atoms with E-state index < -0.39 is 11.5 Å². The number of carboxylic acid groups (broad SMARTS) is 1. The van der Waals surface area contributed by atoms with Gasteiger partial charge in [-0.05, 0) is 69.1 Å². The molecular weight excluding hydrogens is 306 g/mol.